The molecule has 1 unspecified atom stereocenters. The maximum Gasteiger partial charge on any atom is 0.190 e. The van der Waals surface area contributed by atoms with Crippen LogP contribution in [-0.2, 0) is 0 Å². The fourth-order valence-electron chi connectivity index (χ4n) is 1.63. The topological polar surface area (TPSA) is 68.9 Å². The molecule has 0 saturated heterocycles. The van der Waals surface area contributed by atoms with Crippen LogP contribution in [0, 0.1) is 0 Å². The van der Waals surface area contributed by atoms with Crippen LogP contribution in [0.15, 0.2) is 29.3 Å². The van der Waals surface area contributed by atoms with Gasteiger partial charge in [0.25, 0.3) is 0 Å². The first kappa shape index (κ1) is 11.7. The van der Waals surface area contributed by atoms with Crippen molar-refractivity contribution in [3.05, 3.63) is 24.3 Å². The number of nitrogens with zero attached hydrogens (tertiary/aromatic N) is 1. The molecule has 5 heteroatoms. The van der Waals surface area contributed by atoms with Gasteiger partial charge in [-0.05, 0) is 18.6 Å². The summed E-state index contributed by atoms with van der Waals surface area (Å²) in [6, 6.07) is 7.57. The number of amidine groups is 1. The number of fused-ring (bicyclic) bond motifs is 1. The summed E-state index contributed by atoms with van der Waals surface area (Å²) in [6.07, 6.45) is 0.705. The molecule has 3 N–H and O–H groups in total. The maximum absolute atomic E-state index is 5.78. The van der Waals surface area contributed by atoms with Gasteiger partial charge >= 0.3 is 0 Å². The van der Waals surface area contributed by atoms with Gasteiger partial charge < -0.3 is 14.9 Å². The second-order valence-electron chi connectivity index (χ2n) is 3.78. The summed E-state index contributed by atoms with van der Waals surface area (Å²) in [6.45, 7) is 3.20. The third kappa shape index (κ3) is 2.68. The fourth-order valence-corrected chi connectivity index (χ4v) is 1.63. The molecule has 0 amide bonds. The van der Waals surface area contributed by atoms with Crippen LogP contribution < -0.4 is 20.7 Å². The van der Waals surface area contributed by atoms with Gasteiger partial charge in [-0.2, -0.15) is 0 Å². The van der Waals surface area contributed by atoms with Crippen LogP contribution in [0.25, 0.3) is 0 Å². The van der Waals surface area contributed by atoms with Gasteiger partial charge in [0.2, 0.25) is 0 Å². The molecule has 1 aromatic rings. The Labute approximate surface area is 101 Å². The Morgan fingerprint density at radius 2 is 2.24 bits per heavy atom. The highest BCUT2D eigenvalue weighted by Gasteiger charge is 2.24. The molecular weight excluding hydrogens is 218 g/mol. The first-order valence-corrected chi connectivity index (χ1v) is 5.74. The van der Waals surface area contributed by atoms with Crippen molar-refractivity contribution >= 4 is 5.84 Å². The van der Waals surface area contributed by atoms with Crippen molar-refractivity contribution in [2.75, 3.05) is 13.2 Å². The van der Waals surface area contributed by atoms with Crippen LogP contribution in [-0.4, -0.2) is 25.1 Å². The van der Waals surface area contributed by atoms with Crippen molar-refractivity contribution in [2.24, 2.45) is 10.8 Å². The first-order valence-electron chi connectivity index (χ1n) is 5.74. The van der Waals surface area contributed by atoms with E-state index in [1.165, 1.54) is 0 Å². The average molecular weight is 235 g/mol. The van der Waals surface area contributed by atoms with Crippen LogP contribution >= 0.6 is 0 Å². The third-order valence-electron chi connectivity index (χ3n) is 2.47. The molecule has 0 radical (unpaired) electrons. The van der Waals surface area contributed by atoms with Gasteiger partial charge in [0.05, 0.1) is 0 Å². The number of nitrogens with one attached hydrogen (secondary N) is 1. The predicted octanol–water partition coefficient (Wildman–Crippen LogP) is 1.10. The number of aliphatic imine (C=N–C) groups is 1. The Balaban J connectivity index is 2.10. The van der Waals surface area contributed by atoms with E-state index >= 15 is 0 Å². The molecule has 92 valence electrons. The molecule has 1 atom stereocenters. The molecule has 0 spiro atoms. The molecule has 1 aliphatic rings. The normalized spacial score (nSPS) is 18.9. The molecule has 17 heavy (non-hydrogen) atoms. The van der Waals surface area contributed by atoms with Crippen molar-refractivity contribution < 1.29 is 9.47 Å². The standard InChI is InChI=1S/C12H17N3O2/c1-2-7-14-12(15-13)11-8-16-9-5-3-4-6-10(9)17-11/h3-6,11H,2,7-8,13H2,1H3,(H,14,15). The van der Waals surface area contributed by atoms with Crippen LogP contribution in [0.1, 0.15) is 13.3 Å². The summed E-state index contributed by atoms with van der Waals surface area (Å²) in [5, 5.41) is 0. The average Bonchev–Trinajstić information content (AvgIpc) is 2.39. The number of hydrogen-bond donors (Lipinski definition) is 2. The van der Waals surface area contributed by atoms with Gasteiger partial charge in [0.1, 0.15) is 6.61 Å². The van der Waals surface area contributed by atoms with E-state index < -0.39 is 0 Å². The Kier molecular flexibility index (Phi) is 3.82. The summed E-state index contributed by atoms with van der Waals surface area (Å²) in [4.78, 5) is 4.33. The number of hydrogen-bond acceptors (Lipinski definition) is 4. The molecule has 1 aliphatic heterocycles. The van der Waals surface area contributed by atoms with Gasteiger partial charge in [-0.15, -0.1) is 0 Å². The van der Waals surface area contributed by atoms with E-state index in [0.29, 0.717) is 12.4 Å². The highest BCUT2D eigenvalue weighted by atomic mass is 16.6. The highest BCUT2D eigenvalue weighted by Crippen LogP contribution is 2.30. The minimum absolute atomic E-state index is 0.263. The van der Waals surface area contributed by atoms with Crippen molar-refractivity contribution in [3.8, 4) is 11.5 Å². The van der Waals surface area contributed by atoms with E-state index in [-0.39, 0.29) is 6.10 Å². The molecule has 0 aromatic heterocycles. The molecule has 0 saturated carbocycles. The summed E-state index contributed by atoms with van der Waals surface area (Å²) in [5.41, 5.74) is 2.58. The Morgan fingerprint density at radius 1 is 1.47 bits per heavy atom. The number of para-hydroxylation sites is 2. The van der Waals surface area contributed by atoms with Crippen LogP contribution in [0.3, 0.4) is 0 Å². The number of hydrazine groups is 1. The molecule has 1 heterocycles. The van der Waals surface area contributed by atoms with Crippen molar-refractivity contribution in [1.82, 2.24) is 5.43 Å². The highest BCUT2D eigenvalue weighted by molar-refractivity contribution is 5.86. The van der Waals surface area contributed by atoms with Crippen molar-refractivity contribution in [1.29, 1.82) is 0 Å². The number of ether oxygens (including phenoxy) is 2. The minimum atomic E-state index is -0.263. The molecule has 0 aliphatic carbocycles. The quantitative estimate of drug-likeness (QED) is 0.356. The van der Waals surface area contributed by atoms with Gasteiger partial charge in [-0.25, -0.2) is 5.84 Å². The van der Waals surface area contributed by atoms with Crippen molar-refractivity contribution in [3.63, 3.8) is 0 Å². The number of benzene rings is 1. The van der Waals surface area contributed by atoms with Gasteiger partial charge in [0, 0.05) is 6.54 Å². The molecular formula is C12H17N3O2. The van der Waals surface area contributed by atoms with E-state index in [4.69, 9.17) is 15.3 Å². The first-order chi connectivity index (χ1) is 8.35. The van der Waals surface area contributed by atoms with E-state index in [1.807, 2.05) is 24.3 Å². The summed E-state index contributed by atoms with van der Waals surface area (Å²) in [7, 11) is 0. The summed E-state index contributed by atoms with van der Waals surface area (Å²) < 4.78 is 11.4. The second kappa shape index (κ2) is 5.54. The zero-order valence-electron chi connectivity index (χ0n) is 9.85. The van der Waals surface area contributed by atoms with E-state index in [1.54, 1.807) is 0 Å². The van der Waals surface area contributed by atoms with E-state index in [2.05, 4.69) is 17.3 Å². The zero-order valence-corrected chi connectivity index (χ0v) is 9.85. The van der Waals surface area contributed by atoms with E-state index in [0.717, 1.165) is 24.5 Å². The van der Waals surface area contributed by atoms with Gasteiger partial charge in [0.15, 0.2) is 23.4 Å². The van der Waals surface area contributed by atoms with Crippen molar-refractivity contribution in [2.45, 2.75) is 19.4 Å². The van der Waals surface area contributed by atoms with Crippen LogP contribution in [0.2, 0.25) is 0 Å². The SMILES string of the molecule is CCCN=C(NN)C1COc2ccccc2O1. The Morgan fingerprint density at radius 3 is 2.94 bits per heavy atom. The fraction of sp³-hybridized carbons (Fsp3) is 0.417. The largest absolute Gasteiger partial charge is 0.485 e. The third-order valence-corrected chi connectivity index (χ3v) is 2.47. The minimum Gasteiger partial charge on any atom is -0.485 e. The number of rotatable bonds is 3. The predicted molar refractivity (Wildman–Crippen MR) is 66.3 cm³/mol. The smallest absolute Gasteiger partial charge is 0.190 e. The van der Waals surface area contributed by atoms with Crippen LogP contribution in [0.4, 0.5) is 0 Å². The molecule has 2 rings (SSSR count). The summed E-state index contributed by atoms with van der Waals surface area (Å²) >= 11 is 0. The molecule has 0 bridgehead atoms. The van der Waals surface area contributed by atoms with Gasteiger partial charge in [-0.1, -0.05) is 19.1 Å². The second-order valence-corrected chi connectivity index (χ2v) is 3.78. The molecule has 0 fully saturated rings. The Hall–Kier alpha value is -1.75. The van der Waals surface area contributed by atoms with Crippen LogP contribution in [0.5, 0.6) is 11.5 Å². The monoisotopic (exact) mass is 235 g/mol. The lowest BCUT2D eigenvalue weighted by Crippen LogP contribution is -2.47. The van der Waals surface area contributed by atoms with Gasteiger partial charge in [-0.3, -0.25) is 4.99 Å². The molecule has 5 nitrogen and oxygen atoms in total. The summed E-state index contributed by atoms with van der Waals surface area (Å²) in [5.74, 6) is 7.56. The van der Waals surface area contributed by atoms with E-state index in [9.17, 15) is 0 Å². The zero-order chi connectivity index (χ0) is 12.1. The molecule has 1 aromatic carbocycles. The number of nitrogens with two attached hydrogens (primary N) is 1. The lowest BCUT2D eigenvalue weighted by Gasteiger charge is -2.27. The lowest BCUT2D eigenvalue weighted by molar-refractivity contribution is 0.132. The Bertz CT molecular complexity index is 406. The maximum atomic E-state index is 5.78. The lowest BCUT2D eigenvalue weighted by atomic mass is 10.2.